The van der Waals surface area contributed by atoms with E-state index in [-0.39, 0.29) is 53.8 Å². The molecule has 0 radical (unpaired) electrons. The lowest BCUT2D eigenvalue weighted by Crippen LogP contribution is -2.53. The lowest BCUT2D eigenvalue weighted by molar-refractivity contribution is -0.146. The third-order valence-corrected chi connectivity index (χ3v) is 8.54. The molecule has 232 valence electrons. The van der Waals surface area contributed by atoms with Gasteiger partial charge in [0, 0.05) is 40.8 Å². The first-order valence-corrected chi connectivity index (χ1v) is 15.1. The number of phenols is 1. The summed E-state index contributed by atoms with van der Waals surface area (Å²) in [5, 5.41) is 12.5. The third kappa shape index (κ3) is 9.70. The second-order valence-electron chi connectivity index (χ2n) is 12.0. The number of carbonyl (C=O) groups excluding carboxylic acids is 3. The van der Waals surface area contributed by atoms with Gasteiger partial charge in [0.15, 0.2) is 0 Å². The van der Waals surface area contributed by atoms with E-state index in [2.05, 4.69) is 19.2 Å². The lowest BCUT2D eigenvalue weighted by Gasteiger charge is -2.39. The van der Waals surface area contributed by atoms with Crippen molar-refractivity contribution in [2.75, 3.05) is 34.4 Å². The third-order valence-electron chi connectivity index (χ3n) is 8.54. The number of methoxy groups -OCH3 is 2. The molecule has 0 bridgehead atoms. The highest BCUT2D eigenvalue weighted by atomic mass is 16.5. The van der Waals surface area contributed by atoms with Crippen LogP contribution in [0.3, 0.4) is 0 Å². The van der Waals surface area contributed by atoms with Gasteiger partial charge in [-0.3, -0.25) is 14.4 Å². The van der Waals surface area contributed by atoms with Gasteiger partial charge in [0.2, 0.25) is 17.7 Å². The Morgan fingerprint density at radius 2 is 1.73 bits per heavy atom. The molecule has 9 nitrogen and oxygen atoms in total. The number of nitrogens with zero attached hydrogens (tertiary/aromatic N) is 2. The minimum absolute atomic E-state index is 0.0423. The first-order chi connectivity index (χ1) is 19.4. The summed E-state index contributed by atoms with van der Waals surface area (Å²) in [4.78, 5) is 43.4. The Labute approximate surface area is 246 Å². The Bertz CT molecular complexity index is 969. The topological polar surface area (TPSA) is 108 Å². The van der Waals surface area contributed by atoms with Gasteiger partial charge >= 0.3 is 0 Å². The summed E-state index contributed by atoms with van der Waals surface area (Å²) in [6.45, 7) is 11.2. The Balaban J connectivity index is 2.08. The van der Waals surface area contributed by atoms with E-state index in [1.807, 2.05) is 44.9 Å². The van der Waals surface area contributed by atoms with Crippen molar-refractivity contribution in [3.8, 4) is 5.75 Å². The van der Waals surface area contributed by atoms with Crippen molar-refractivity contribution >= 4 is 17.7 Å². The Morgan fingerprint density at radius 3 is 2.29 bits per heavy atom. The van der Waals surface area contributed by atoms with Crippen molar-refractivity contribution in [3.05, 3.63) is 29.8 Å². The van der Waals surface area contributed by atoms with Crippen LogP contribution in [0.2, 0.25) is 0 Å². The van der Waals surface area contributed by atoms with Crippen LogP contribution < -0.4 is 5.32 Å². The molecule has 0 spiro atoms. The minimum Gasteiger partial charge on any atom is -0.508 e. The van der Waals surface area contributed by atoms with E-state index >= 15 is 0 Å². The van der Waals surface area contributed by atoms with E-state index in [1.165, 1.54) is 0 Å². The van der Waals surface area contributed by atoms with Gasteiger partial charge in [0.1, 0.15) is 5.75 Å². The molecule has 1 aliphatic heterocycles. The van der Waals surface area contributed by atoms with Gasteiger partial charge in [0.25, 0.3) is 0 Å². The molecule has 2 rings (SSSR count). The molecular weight excluding hydrogens is 522 g/mol. The summed E-state index contributed by atoms with van der Waals surface area (Å²) in [5.74, 6) is 0.0522. The van der Waals surface area contributed by atoms with Crippen LogP contribution in [0.4, 0.5) is 0 Å². The van der Waals surface area contributed by atoms with Crippen molar-refractivity contribution in [3.63, 3.8) is 0 Å². The monoisotopic (exact) mass is 575 g/mol. The Hall–Kier alpha value is -2.65. The van der Waals surface area contributed by atoms with E-state index < -0.39 is 18.1 Å². The average Bonchev–Trinajstić information content (AvgIpc) is 3.42. The summed E-state index contributed by atoms with van der Waals surface area (Å²) >= 11 is 0. The summed E-state index contributed by atoms with van der Waals surface area (Å²) in [6, 6.07) is 6.49. The molecule has 3 amide bonds. The van der Waals surface area contributed by atoms with Crippen LogP contribution in [0.1, 0.15) is 72.3 Å². The van der Waals surface area contributed by atoms with Crippen LogP contribution in [-0.2, 0) is 30.3 Å². The second-order valence-corrected chi connectivity index (χ2v) is 12.0. The zero-order valence-corrected chi connectivity index (χ0v) is 26.4. The second kappa shape index (κ2) is 16.7. The normalized spacial score (nSPS) is 19.0. The van der Waals surface area contributed by atoms with Crippen molar-refractivity contribution in [2.24, 2.45) is 17.8 Å². The summed E-state index contributed by atoms with van der Waals surface area (Å²) in [7, 11) is 5.02. The quantitative estimate of drug-likeness (QED) is 0.308. The van der Waals surface area contributed by atoms with Gasteiger partial charge in [-0.05, 0) is 48.8 Å². The molecule has 0 aromatic heterocycles. The zero-order valence-electron chi connectivity index (χ0n) is 26.4. The van der Waals surface area contributed by atoms with E-state index in [1.54, 1.807) is 31.3 Å². The number of aromatic hydroxyl groups is 1. The van der Waals surface area contributed by atoms with Crippen LogP contribution in [0, 0.1) is 17.8 Å². The van der Waals surface area contributed by atoms with Crippen LogP contribution >= 0.6 is 0 Å². The van der Waals surface area contributed by atoms with Crippen LogP contribution in [0.15, 0.2) is 24.3 Å². The fourth-order valence-corrected chi connectivity index (χ4v) is 5.97. The number of ether oxygens (including phenoxy) is 2. The molecule has 6 unspecified atom stereocenters. The first kappa shape index (κ1) is 34.6. The molecule has 1 fully saturated rings. The van der Waals surface area contributed by atoms with Gasteiger partial charge in [-0.2, -0.15) is 0 Å². The van der Waals surface area contributed by atoms with Crippen molar-refractivity contribution in [2.45, 2.75) is 97.4 Å². The first-order valence-electron chi connectivity index (χ1n) is 15.1. The molecule has 2 N–H and O–H groups in total. The smallest absolute Gasteiger partial charge is 0.225 e. The summed E-state index contributed by atoms with van der Waals surface area (Å²) in [5.41, 5.74) is 1.02. The molecule has 41 heavy (non-hydrogen) atoms. The average molecular weight is 576 g/mol. The lowest BCUT2D eigenvalue weighted by atomic mass is 9.90. The number of likely N-dealkylation sites (N-methyl/N-ethyl adjacent to an activating group) is 1. The number of amides is 3. The molecule has 1 aromatic carbocycles. The maximum Gasteiger partial charge on any atom is 0.225 e. The summed E-state index contributed by atoms with van der Waals surface area (Å²) in [6.07, 6.45) is 2.82. The van der Waals surface area contributed by atoms with Gasteiger partial charge in [-0.1, -0.05) is 53.2 Å². The number of hydrogen-bond acceptors (Lipinski definition) is 6. The molecule has 6 atom stereocenters. The van der Waals surface area contributed by atoms with E-state index in [0.717, 1.165) is 24.8 Å². The fraction of sp³-hybridized carbons (Fsp3) is 0.719. The standard InChI is InChI=1S/C32H53N3O6/c1-9-22(4)30(34(6)28(37)19-21(2)3)27(40-7)20-29(38)35-18-10-11-26(35)31(41-8)23(5)32(39)33-17-16-24-12-14-25(36)15-13-24/h12-15,21-23,26-27,30-31,36H,9-11,16-20H2,1-8H3,(H,33,39). The number of nitrogens with one attached hydrogen (secondary N) is 1. The molecule has 1 heterocycles. The molecule has 1 aliphatic rings. The van der Waals surface area contributed by atoms with E-state index in [0.29, 0.717) is 25.9 Å². The Kier molecular flexibility index (Phi) is 14.1. The Morgan fingerprint density at radius 1 is 1.07 bits per heavy atom. The summed E-state index contributed by atoms with van der Waals surface area (Å²) < 4.78 is 11.7. The number of hydrogen-bond donors (Lipinski definition) is 2. The van der Waals surface area contributed by atoms with Crippen LogP contribution in [-0.4, -0.2) is 91.3 Å². The maximum atomic E-state index is 13.7. The number of rotatable bonds is 16. The highest BCUT2D eigenvalue weighted by Crippen LogP contribution is 2.29. The van der Waals surface area contributed by atoms with Crippen molar-refractivity contribution < 1.29 is 29.0 Å². The molecule has 9 heteroatoms. The van der Waals surface area contributed by atoms with Gasteiger partial charge in [-0.25, -0.2) is 0 Å². The maximum absolute atomic E-state index is 13.7. The predicted octanol–water partition coefficient (Wildman–Crippen LogP) is 4.02. The number of likely N-dealkylation sites (tertiary alicyclic amines) is 1. The molecule has 0 aliphatic carbocycles. The number of phenolic OH excluding ortho intramolecular Hbond substituents is 1. The SMILES string of the molecule is CCC(C)C(C(CC(=O)N1CCCC1C(OC)C(C)C(=O)NCCc1ccc(O)cc1)OC)N(C)C(=O)CC(C)C. The van der Waals surface area contributed by atoms with E-state index in [4.69, 9.17) is 9.47 Å². The van der Waals surface area contributed by atoms with E-state index in [9.17, 15) is 19.5 Å². The van der Waals surface area contributed by atoms with Gasteiger partial charge in [-0.15, -0.1) is 0 Å². The van der Waals surface area contributed by atoms with Crippen LogP contribution in [0.5, 0.6) is 5.75 Å². The largest absolute Gasteiger partial charge is 0.508 e. The van der Waals surface area contributed by atoms with Crippen molar-refractivity contribution in [1.82, 2.24) is 15.1 Å². The molecule has 0 saturated carbocycles. The van der Waals surface area contributed by atoms with Gasteiger partial charge < -0.3 is 29.7 Å². The number of carbonyl (C=O) groups is 3. The van der Waals surface area contributed by atoms with Gasteiger partial charge in [0.05, 0.1) is 36.6 Å². The highest BCUT2D eigenvalue weighted by Gasteiger charge is 2.41. The predicted molar refractivity (Wildman–Crippen MR) is 160 cm³/mol. The number of benzene rings is 1. The zero-order chi connectivity index (χ0) is 30.7. The molecular formula is C32H53N3O6. The van der Waals surface area contributed by atoms with Crippen molar-refractivity contribution in [1.29, 1.82) is 0 Å². The van der Waals surface area contributed by atoms with Crippen LogP contribution in [0.25, 0.3) is 0 Å². The highest BCUT2D eigenvalue weighted by molar-refractivity contribution is 5.80. The fourth-order valence-electron chi connectivity index (χ4n) is 5.97. The molecule has 1 aromatic rings. The minimum atomic E-state index is -0.455. The molecule has 1 saturated heterocycles.